The molecule has 0 aliphatic carbocycles. The van der Waals surface area contributed by atoms with Crippen LogP contribution in [0.2, 0.25) is 0 Å². The molecule has 0 bridgehead atoms. The molecule has 0 spiro atoms. The Morgan fingerprint density at radius 2 is 2.19 bits per heavy atom. The van der Waals surface area contributed by atoms with Crippen LogP contribution >= 0.6 is 0 Å². The van der Waals surface area contributed by atoms with Gasteiger partial charge in [0.25, 0.3) is 0 Å². The summed E-state index contributed by atoms with van der Waals surface area (Å²) in [6.07, 6.45) is 2.29. The van der Waals surface area contributed by atoms with Crippen molar-refractivity contribution in [1.29, 1.82) is 0 Å². The molecule has 21 heavy (non-hydrogen) atoms. The third-order valence-corrected chi connectivity index (χ3v) is 3.93. The second-order valence-corrected chi connectivity index (χ2v) is 5.34. The third-order valence-electron chi connectivity index (χ3n) is 3.93. The van der Waals surface area contributed by atoms with Crippen LogP contribution in [0.15, 0.2) is 36.7 Å². The van der Waals surface area contributed by atoms with E-state index in [1.54, 1.807) is 6.33 Å². The van der Waals surface area contributed by atoms with Gasteiger partial charge in [0.2, 0.25) is 0 Å². The van der Waals surface area contributed by atoms with E-state index in [9.17, 15) is 5.11 Å². The van der Waals surface area contributed by atoms with Crippen molar-refractivity contribution in [2.24, 2.45) is 0 Å². The summed E-state index contributed by atoms with van der Waals surface area (Å²) in [6.45, 7) is 3.14. The molecule has 110 valence electrons. The maximum absolute atomic E-state index is 9.97. The zero-order chi connectivity index (χ0) is 14.7. The highest BCUT2D eigenvalue weighted by atomic mass is 16.5. The zero-order valence-corrected chi connectivity index (χ0v) is 12.0. The minimum absolute atomic E-state index is 0.0252. The summed E-state index contributed by atoms with van der Waals surface area (Å²) < 4.78 is 5.67. The van der Waals surface area contributed by atoms with E-state index in [1.807, 2.05) is 37.3 Å². The number of hydrogen-bond acceptors (Lipinski definition) is 5. The average Bonchev–Trinajstić information content (AvgIpc) is 2.53. The van der Waals surface area contributed by atoms with Gasteiger partial charge in [-0.05, 0) is 19.1 Å². The van der Waals surface area contributed by atoms with Crippen molar-refractivity contribution in [2.75, 3.05) is 13.2 Å². The minimum Gasteiger partial charge on any atom is -0.493 e. The Balaban J connectivity index is 1.85. The van der Waals surface area contributed by atoms with E-state index in [2.05, 4.69) is 15.3 Å². The van der Waals surface area contributed by atoms with E-state index in [1.165, 1.54) is 0 Å². The van der Waals surface area contributed by atoms with Gasteiger partial charge in [-0.3, -0.25) is 5.32 Å². The average molecular weight is 285 g/mol. The molecule has 0 fully saturated rings. The lowest BCUT2D eigenvalue weighted by molar-refractivity contribution is 0.105. The number of nitrogens with one attached hydrogen (secondary N) is 1. The van der Waals surface area contributed by atoms with Crippen molar-refractivity contribution >= 4 is 0 Å². The quantitative estimate of drug-likeness (QED) is 0.892. The van der Waals surface area contributed by atoms with Gasteiger partial charge in [-0.2, -0.15) is 0 Å². The number of aromatic nitrogens is 2. The van der Waals surface area contributed by atoms with Crippen LogP contribution in [0.4, 0.5) is 0 Å². The normalized spacial score (nSPS) is 20.7. The molecule has 1 atom stereocenters. The Morgan fingerprint density at radius 3 is 3.00 bits per heavy atom. The molecular weight excluding hydrogens is 266 g/mol. The Kier molecular flexibility index (Phi) is 3.86. The topological polar surface area (TPSA) is 67.3 Å². The number of hydrogen-bond donors (Lipinski definition) is 2. The summed E-state index contributed by atoms with van der Waals surface area (Å²) in [4.78, 5) is 8.36. The predicted molar refractivity (Wildman–Crippen MR) is 78.9 cm³/mol. The van der Waals surface area contributed by atoms with Crippen LogP contribution in [0.1, 0.15) is 23.4 Å². The number of benzene rings is 1. The summed E-state index contributed by atoms with van der Waals surface area (Å²) in [5, 5.41) is 13.4. The molecule has 1 aliphatic rings. The van der Waals surface area contributed by atoms with Gasteiger partial charge in [0.15, 0.2) is 0 Å². The van der Waals surface area contributed by atoms with E-state index >= 15 is 0 Å². The standard InChI is InChI=1S/C16H19N3O2/c1-12-8-13(18-11-17-12)9-19-16(10-20)6-7-21-15-5-3-2-4-14(15)16/h2-5,8,11,19-20H,6-7,9-10H2,1H3. The molecular formula is C16H19N3O2. The maximum atomic E-state index is 9.97. The second-order valence-electron chi connectivity index (χ2n) is 5.34. The van der Waals surface area contributed by atoms with Crippen molar-refractivity contribution < 1.29 is 9.84 Å². The van der Waals surface area contributed by atoms with Gasteiger partial charge < -0.3 is 9.84 Å². The summed E-state index contributed by atoms with van der Waals surface area (Å²) >= 11 is 0. The lowest BCUT2D eigenvalue weighted by Crippen LogP contribution is -2.48. The van der Waals surface area contributed by atoms with E-state index in [4.69, 9.17) is 4.74 Å². The number of aryl methyl sites for hydroxylation is 1. The number of para-hydroxylation sites is 1. The molecule has 1 aliphatic heterocycles. The van der Waals surface area contributed by atoms with E-state index in [0.29, 0.717) is 13.2 Å². The van der Waals surface area contributed by atoms with Crippen molar-refractivity contribution in [1.82, 2.24) is 15.3 Å². The molecule has 1 aromatic carbocycles. The Morgan fingerprint density at radius 1 is 1.33 bits per heavy atom. The molecule has 2 heterocycles. The van der Waals surface area contributed by atoms with Crippen molar-refractivity contribution in [3.05, 3.63) is 53.6 Å². The lowest BCUT2D eigenvalue weighted by Gasteiger charge is -2.38. The fraction of sp³-hybridized carbons (Fsp3) is 0.375. The number of aliphatic hydroxyl groups is 1. The van der Waals surface area contributed by atoms with Crippen LogP contribution in [-0.4, -0.2) is 28.3 Å². The summed E-state index contributed by atoms with van der Waals surface area (Å²) in [5.41, 5.74) is 2.38. The molecule has 0 saturated heterocycles. The van der Waals surface area contributed by atoms with Gasteiger partial charge in [-0.25, -0.2) is 9.97 Å². The number of rotatable bonds is 4. The Labute approximate surface area is 124 Å². The van der Waals surface area contributed by atoms with Gasteiger partial charge in [0.1, 0.15) is 12.1 Å². The minimum atomic E-state index is -0.478. The molecule has 1 unspecified atom stereocenters. The largest absolute Gasteiger partial charge is 0.493 e. The first-order valence-electron chi connectivity index (χ1n) is 7.09. The Bertz CT molecular complexity index is 632. The first-order chi connectivity index (χ1) is 10.2. The molecule has 1 aromatic heterocycles. The molecule has 0 saturated carbocycles. The van der Waals surface area contributed by atoms with Gasteiger partial charge >= 0.3 is 0 Å². The maximum Gasteiger partial charge on any atom is 0.124 e. The Hall–Kier alpha value is -1.98. The zero-order valence-electron chi connectivity index (χ0n) is 12.0. The van der Waals surface area contributed by atoms with E-state index < -0.39 is 5.54 Å². The van der Waals surface area contributed by atoms with Crippen LogP contribution in [0.5, 0.6) is 5.75 Å². The number of ether oxygens (including phenoxy) is 1. The molecule has 5 nitrogen and oxygen atoms in total. The molecule has 0 amide bonds. The number of aliphatic hydroxyl groups excluding tert-OH is 1. The van der Waals surface area contributed by atoms with Crippen LogP contribution < -0.4 is 10.1 Å². The first kappa shape index (κ1) is 14.0. The van der Waals surface area contributed by atoms with Crippen LogP contribution in [-0.2, 0) is 12.1 Å². The van der Waals surface area contributed by atoms with Gasteiger partial charge in [0.05, 0.1) is 24.4 Å². The highest BCUT2D eigenvalue weighted by Crippen LogP contribution is 2.36. The highest BCUT2D eigenvalue weighted by Gasteiger charge is 2.36. The second kappa shape index (κ2) is 5.79. The SMILES string of the molecule is Cc1cc(CNC2(CO)CCOc3ccccc32)ncn1. The summed E-state index contributed by atoms with van der Waals surface area (Å²) in [5.74, 6) is 0.837. The van der Waals surface area contributed by atoms with Crippen LogP contribution in [0.25, 0.3) is 0 Å². The van der Waals surface area contributed by atoms with Crippen molar-refractivity contribution in [3.8, 4) is 5.75 Å². The molecule has 3 rings (SSSR count). The number of nitrogens with zero attached hydrogens (tertiary/aromatic N) is 2. The molecule has 2 aromatic rings. The van der Waals surface area contributed by atoms with Crippen LogP contribution in [0, 0.1) is 6.92 Å². The third kappa shape index (κ3) is 2.75. The van der Waals surface area contributed by atoms with E-state index in [0.717, 1.165) is 29.1 Å². The highest BCUT2D eigenvalue weighted by molar-refractivity contribution is 5.41. The molecule has 2 N–H and O–H groups in total. The predicted octanol–water partition coefficient (Wildman–Crippen LogP) is 1.54. The van der Waals surface area contributed by atoms with Gasteiger partial charge in [-0.1, -0.05) is 18.2 Å². The summed E-state index contributed by atoms with van der Waals surface area (Å²) in [7, 11) is 0. The lowest BCUT2D eigenvalue weighted by atomic mass is 9.85. The van der Waals surface area contributed by atoms with Crippen molar-refractivity contribution in [2.45, 2.75) is 25.4 Å². The smallest absolute Gasteiger partial charge is 0.124 e. The molecule has 0 radical (unpaired) electrons. The van der Waals surface area contributed by atoms with Gasteiger partial charge in [0, 0.05) is 24.2 Å². The van der Waals surface area contributed by atoms with Crippen LogP contribution in [0.3, 0.4) is 0 Å². The fourth-order valence-electron chi connectivity index (χ4n) is 2.73. The monoisotopic (exact) mass is 285 g/mol. The van der Waals surface area contributed by atoms with Crippen molar-refractivity contribution in [3.63, 3.8) is 0 Å². The van der Waals surface area contributed by atoms with Gasteiger partial charge in [-0.15, -0.1) is 0 Å². The molecule has 5 heteroatoms. The first-order valence-corrected chi connectivity index (χ1v) is 7.09. The number of fused-ring (bicyclic) bond motifs is 1. The fourth-order valence-corrected chi connectivity index (χ4v) is 2.73. The van der Waals surface area contributed by atoms with E-state index in [-0.39, 0.29) is 6.61 Å². The summed E-state index contributed by atoms with van der Waals surface area (Å²) in [6, 6.07) is 9.80.